The second kappa shape index (κ2) is 6.00. The van der Waals surface area contributed by atoms with E-state index in [4.69, 9.17) is 0 Å². The van der Waals surface area contributed by atoms with Crippen LogP contribution in [0.1, 0.15) is 18.9 Å². The van der Waals surface area contributed by atoms with Crippen molar-refractivity contribution in [1.82, 2.24) is 4.90 Å². The average molecular weight is 278 g/mol. The number of rotatable bonds is 3. The van der Waals surface area contributed by atoms with Crippen molar-refractivity contribution in [3.05, 3.63) is 39.9 Å². The second-order valence-corrected chi connectivity index (χ2v) is 5.24. The Hall–Kier alpha value is -1.95. The lowest BCUT2D eigenvalue weighted by molar-refractivity contribution is -0.385. The number of para-hydroxylation sites is 1. The van der Waals surface area contributed by atoms with Gasteiger partial charge in [0.2, 0.25) is 5.91 Å². The molecule has 1 fully saturated rings. The number of hydrogen-bond acceptors (Lipinski definition) is 4. The number of nitro benzene ring substituents is 1. The largest absolute Gasteiger partial charge is 0.393 e. The average Bonchev–Trinajstić information content (AvgIpc) is 2.42. The molecule has 6 heteroatoms. The fourth-order valence-electron chi connectivity index (χ4n) is 2.47. The van der Waals surface area contributed by atoms with Gasteiger partial charge >= 0.3 is 0 Å². The Morgan fingerprint density at radius 3 is 2.85 bits per heavy atom. The van der Waals surface area contributed by atoms with Crippen LogP contribution in [0.15, 0.2) is 24.3 Å². The summed E-state index contributed by atoms with van der Waals surface area (Å²) in [5, 5.41) is 20.6. The molecule has 108 valence electrons. The fraction of sp³-hybridized carbons (Fsp3) is 0.500. The van der Waals surface area contributed by atoms with E-state index in [2.05, 4.69) is 0 Å². The molecule has 2 unspecified atom stereocenters. The maximum absolute atomic E-state index is 12.2. The molecule has 0 saturated carbocycles. The van der Waals surface area contributed by atoms with Crippen LogP contribution in [-0.2, 0) is 11.2 Å². The predicted molar refractivity (Wildman–Crippen MR) is 73.2 cm³/mol. The van der Waals surface area contributed by atoms with Gasteiger partial charge in [0.05, 0.1) is 17.4 Å². The summed E-state index contributed by atoms with van der Waals surface area (Å²) in [5.74, 6) is -0.0866. The summed E-state index contributed by atoms with van der Waals surface area (Å²) < 4.78 is 0. The summed E-state index contributed by atoms with van der Waals surface area (Å²) >= 11 is 0. The first kappa shape index (κ1) is 14.5. The molecule has 0 aromatic heterocycles. The molecule has 1 saturated heterocycles. The Bertz CT molecular complexity index is 518. The zero-order valence-corrected chi connectivity index (χ0v) is 11.4. The highest BCUT2D eigenvalue weighted by Gasteiger charge is 2.28. The van der Waals surface area contributed by atoms with Crippen LogP contribution < -0.4 is 0 Å². The molecule has 1 heterocycles. The number of aliphatic hydroxyl groups excluding tert-OH is 1. The Labute approximate surface area is 117 Å². The molecule has 1 aliphatic rings. The fourth-order valence-corrected chi connectivity index (χ4v) is 2.47. The molecule has 0 bridgehead atoms. The molecule has 0 radical (unpaired) electrons. The van der Waals surface area contributed by atoms with E-state index >= 15 is 0 Å². The van der Waals surface area contributed by atoms with Gasteiger partial charge in [-0.3, -0.25) is 14.9 Å². The minimum Gasteiger partial charge on any atom is -0.393 e. The van der Waals surface area contributed by atoms with Crippen molar-refractivity contribution in [3.63, 3.8) is 0 Å². The van der Waals surface area contributed by atoms with E-state index < -0.39 is 4.92 Å². The van der Waals surface area contributed by atoms with Gasteiger partial charge in [0, 0.05) is 24.7 Å². The number of carbonyl (C=O) groups is 1. The van der Waals surface area contributed by atoms with Crippen LogP contribution in [0, 0.1) is 16.0 Å². The molecule has 1 aromatic rings. The van der Waals surface area contributed by atoms with E-state index in [0.717, 1.165) is 0 Å². The molecule has 1 amide bonds. The monoisotopic (exact) mass is 278 g/mol. The molecule has 2 atom stereocenters. The number of carbonyl (C=O) groups excluding carboxylic acids is 1. The number of piperidine rings is 1. The molecular weight excluding hydrogens is 260 g/mol. The predicted octanol–water partition coefficient (Wildman–Crippen LogP) is 1.37. The summed E-state index contributed by atoms with van der Waals surface area (Å²) in [6, 6.07) is 6.30. The van der Waals surface area contributed by atoms with Crippen LogP contribution in [0.3, 0.4) is 0 Å². The van der Waals surface area contributed by atoms with Gasteiger partial charge < -0.3 is 10.0 Å². The van der Waals surface area contributed by atoms with E-state index in [1.165, 1.54) is 6.07 Å². The van der Waals surface area contributed by atoms with Gasteiger partial charge in [0.1, 0.15) is 0 Å². The number of benzene rings is 1. The lowest BCUT2D eigenvalue weighted by Crippen LogP contribution is -2.45. The van der Waals surface area contributed by atoms with E-state index in [1.54, 1.807) is 23.1 Å². The third-order valence-electron chi connectivity index (χ3n) is 3.74. The van der Waals surface area contributed by atoms with Crippen LogP contribution in [0.25, 0.3) is 0 Å². The number of hydrogen-bond donors (Lipinski definition) is 1. The zero-order chi connectivity index (χ0) is 14.7. The topological polar surface area (TPSA) is 83.7 Å². The van der Waals surface area contributed by atoms with Crippen LogP contribution in [0.2, 0.25) is 0 Å². The van der Waals surface area contributed by atoms with Gasteiger partial charge in [-0.25, -0.2) is 0 Å². The highest BCUT2D eigenvalue weighted by Crippen LogP contribution is 2.21. The number of nitro groups is 1. The highest BCUT2D eigenvalue weighted by molar-refractivity contribution is 5.80. The van der Waals surface area contributed by atoms with E-state index in [9.17, 15) is 20.0 Å². The number of likely N-dealkylation sites (tertiary alicyclic amines) is 1. The van der Waals surface area contributed by atoms with E-state index in [-0.39, 0.29) is 30.0 Å². The number of nitrogens with zero attached hydrogens (tertiary/aromatic N) is 2. The number of amides is 1. The van der Waals surface area contributed by atoms with Gasteiger partial charge in [0.15, 0.2) is 0 Å². The Morgan fingerprint density at radius 1 is 1.50 bits per heavy atom. The first-order valence-electron chi connectivity index (χ1n) is 6.67. The molecule has 1 aromatic carbocycles. The maximum atomic E-state index is 12.2. The lowest BCUT2D eigenvalue weighted by atomic mass is 9.96. The smallest absolute Gasteiger partial charge is 0.273 e. The van der Waals surface area contributed by atoms with Gasteiger partial charge in [-0.2, -0.15) is 0 Å². The van der Waals surface area contributed by atoms with Crippen LogP contribution in [-0.4, -0.2) is 40.0 Å². The van der Waals surface area contributed by atoms with Crippen molar-refractivity contribution in [2.75, 3.05) is 13.1 Å². The van der Waals surface area contributed by atoms with Gasteiger partial charge in [-0.05, 0) is 12.3 Å². The highest BCUT2D eigenvalue weighted by atomic mass is 16.6. The normalized spacial score (nSPS) is 22.6. The Kier molecular flexibility index (Phi) is 4.34. The van der Waals surface area contributed by atoms with Crippen LogP contribution in [0.5, 0.6) is 0 Å². The lowest BCUT2D eigenvalue weighted by Gasteiger charge is -2.34. The first-order chi connectivity index (χ1) is 9.49. The van der Waals surface area contributed by atoms with Crippen LogP contribution in [0.4, 0.5) is 5.69 Å². The quantitative estimate of drug-likeness (QED) is 0.668. The van der Waals surface area contributed by atoms with Crippen molar-refractivity contribution in [2.24, 2.45) is 5.92 Å². The van der Waals surface area contributed by atoms with Crippen molar-refractivity contribution in [1.29, 1.82) is 0 Å². The summed E-state index contributed by atoms with van der Waals surface area (Å²) in [6.07, 6.45) is 0.217. The minimum absolute atomic E-state index is 0.0223. The zero-order valence-electron chi connectivity index (χ0n) is 11.4. The molecule has 6 nitrogen and oxygen atoms in total. The Balaban J connectivity index is 2.07. The SMILES string of the molecule is CC1CN(C(=O)Cc2ccccc2[N+](=O)[O-])CCC1O. The van der Waals surface area contributed by atoms with Crippen molar-refractivity contribution < 1.29 is 14.8 Å². The van der Waals surface area contributed by atoms with Gasteiger partial charge in [0.25, 0.3) is 5.69 Å². The minimum atomic E-state index is -0.467. The third-order valence-corrected chi connectivity index (χ3v) is 3.74. The second-order valence-electron chi connectivity index (χ2n) is 5.24. The third kappa shape index (κ3) is 3.14. The van der Waals surface area contributed by atoms with Crippen molar-refractivity contribution in [2.45, 2.75) is 25.9 Å². The molecule has 2 rings (SSSR count). The first-order valence-corrected chi connectivity index (χ1v) is 6.67. The van der Waals surface area contributed by atoms with E-state index in [1.807, 2.05) is 6.92 Å². The summed E-state index contributed by atoms with van der Waals surface area (Å²) in [7, 11) is 0. The summed E-state index contributed by atoms with van der Waals surface area (Å²) in [4.78, 5) is 24.3. The van der Waals surface area contributed by atoms with Crippen molar-refractivity contribution in [3.8, 4) is 0 Å². The molecular formula is C14H18N2O4. The molecule has 0 aliphatic carbocycles. The van der Waals surface area contributed by atoms with Gasteiger partial charge in [-0.1, -0.05) is 25.1 Å². The summed E-state index contributed by atoms with van der Waals surface area (Å²) in [6.45, 7) is 2.90. The molecule has 0 spiro atoms. The van der Waals surface area contributed by atoms with Gasteiger partial charge in [-0.15, -0.1) is 0 Å². The maximum Gasteiger partial charge on any atom is 0.273 e. The molecule has 20 heavy (non-hydrogen) atoms. The number of aliphatic hydroxyl groups is 1. The summed E-state index contributed by atoms with van der Waals surface area (Å²) in [5.41, 5.74) is 0.409. The standard InChI is InChI=1S/C14H18N2O4/c1-10-9-15(7-6-13(10)17)14(18)8-11-4-2-3-5-12(11)16(19)20/h2-5,10,13,17H,6-9H2,1H3. The van der Waals surface area contributed by atoms with E-state index in [0.29, 0.717) is 25.1 Å². The molecule has 1 aliphatic heterocycles. The molecule has 1 N–H and O–H groups in total. The van der Waals surface area contributed by atoms with Crippen molar-refractivity contribution >= 4 is 11.6 Å². The van der Waals surface area contributed by atoms with Crippen LogP contribution >= 0.6 is 0 Å². The Morgan fingerprint density at radius 2 is 2.20 bits per heavy atom.